The summed E-state index contributed by atoms with van der Waals surface area (Å²) in [5, 5.41) is 0.483. The number of halogens is 1. The summed E-state index contributed by atoms with van der Waals surface area (Å²) >= 11 is 5.80. The number of nitrogens with zero attached hydrogens (tertiary/aromatic N) is 2. The SMILES string of the molecule is O=C(OCc1ccccc1)N1CC=C(c2ccc(Cl)nc2)CC1. The third-order valence-corrected chi connectivity index (χ3v) is 3.99. The molecule has 118 valence electrons. The molecule has 0 atom stereocenters. The minimum Gasteiger partial charge on any atom is -0.445 e. The van der Waals surface area contributed by atoms with Crippen molar-refractivity contribution in [1.82, 2.24) is 9.88 Å². The predicted molar refractivity (Wildman–Crippen MR) is 90.0 cm³/mol. The Labute approximate surface area is 140 Å². The van der Waals surface area contributed by atoms with Gasteiger partial charge in [-0.15, -0.1) is 0 Å². The normalized spacial score (nSPS) is 14.3. The van der Waals surface area contributed by atoms with Crippen LogP contribution >= 0.6 is 11.6 Å². The Kier molecular flexibility index (Phi) is 4.93. The Morgan fingerprint density at radius 2 is 2.04 bits per heavy atom. The highest BCUT2D eigenvalue weighted by atomic mass is 35.5. The van der Waals surface area contributed by atoms with Gasteiger partial charge >= 0.3 is 6.09 Å². The Bertz CT molecular complexity index is 699. The van der Waals surface area contributed by atoms with Crippen molar-refractivity contribution in [2.24, 2.45) is 0 Å². The summed E-state index contributed by atoms with van der Waals surface area (Å²) in [4.78, 5) is 17.9. The largest absolute Gasteiger partial charge is 0.445 e. The van der Waals surface area contributed by atoms with Gasteiger partial charge in [-0.1, -0.05) is 54.1 Å². The molecule has 2 heterocycles. The number of carbonyl (C=O) groups is 1. The number of carbonyl (C=O) groups excluding carboxylic acids is 1. The van der Waals surface area contributed by atoms with E-state index in [1.807, 2.05) is 42.5 Å². The summed E-state index contributed by atoms with van der Waals surface area (Å²) in [6.45, 7) is 1.49. The van der Waals surface area contributed by atoms with Crippen LogP contribution in [0.2, 0.25) is 5.15 Å². The Hall–Kier alpha value is -2.33. The summed E-state index contributed by atoms with van der Waals surface area (Å²) in [7, 11) is 0. The lowest BCUT2D eigenvalue weighted by atomic mass is 10.0. The van der Waals surface area contributed by atoms with E-state index in [2.05, 4.69) is 4.98 Å². The average Bonchev–Trinajstić information content (AvgIpc) is 2.61. The van der Waals surface area contributed by atoms with Crippen molar-refractivity contribution < 1.29 is 9.53 Å². The van der Waals surface area contributed by atoms with Crippen LogP contribution in [0.3, 0.4) is 0 Å². The number of hydrogen-bond donors (Lipinski definition) is 0. The van der Waals surface area contributed by atoms with Crippen molar-refractivity contribution in [3.05, 3.63) is 71.0 Å². The Morgan fingerprint density at radius 3 is 2.70 bits per heavy atom. The van der Waals surface area contributed by atoms with Crippen molar-refractivity contribution in [2.45, 2.75) is 13.0 Å². The van der Waals surface area contributed by atoms with E-state index in [4.69, 9.17) is 16.3 Å². The highest BCUT2D eigenvalue weighted by Crippen LogP contribution is 2.23. The lowest BCUT2D eigenvalue weighted by Gasteiger charge is -2.26. The zero-order valence-corrected chi connectivity index (χ0v) is 13.4. The second kappa shape index (κ2) is 7.29. The maximum absolute atomic E-state index is 12.1. The van der Waals surface area contributed by atoms with E-state index >= 15 is 0 Å². The molecule has 5 heteroatoms. The van der Waals surface area contributed by atoms with Gasteiger partial charge in [0.1, 0.15) is 11.8 Å². The van der Waals surface area contributed by atoms with E-state index in [-0.39, 0.29) is 6.09 Å². The molecule has 1 aliphatic rings. The summed E-state index contributed by atoms with van der Waals surface area (Å²) in [5.74, 6) is 0. The van der Waals surface area contributed by atoms with Gasteiger partial charge in [-0.25, -0.2) is 9.78 Å². The quantitative estimate of drug-likeness (QED) is 0.794. The summed E-state index contributed by atoms with van der Waals surface area (Å²) in [5.41, 5.74) is 3.22. The number of benzene rings is 1. The van der Waals surface area contributed by atoms with Crippen LogP contribution in [-0.2, 0) is 11.3 Å². The van der Waals surface area contributed by atoms with Gasteiger partial charge in [-0.2, -0.15) is 0 Å². The molecule has 0 saturated heterocycles. The molecule has 23 heavy (non-hydrogen) atoms. The van der Waals surface area contributed by atoms with E-state index in [9.17, 15) is 4.79 Å². The first-order chi connectivity index (χ1) is 11.2. The lowest BCUT2D eigenvalue weighted by Crippen LogP contribution is -2.35. The van der Waals surface area contributed by atoms with Gasteiger partial charge in [0, 0.05) is 19.3 Å². The van der Waals surface area contributed by atoms with Gasteiger partial charge in [0.2, 0.25) is 0 Å². The molecular formula is C18H17ClN2O2. The maximum Gasteiger partial charge on any atom is 0.410 e. The van der Waals surface area contributed by atoms with Crippen LogP contribution in [0.25, 0.3) is 5.57 Å². The fourth-order valence-electron chi connectivity index (χ4n) is 2.47. The van der Waals surface area contributed by atoms with Gasteiger partial charge in [-0.3, -0.25) is 0 Å². The van der Waals surface area contributed by atoms with Crippen molar-refractivity contribution in [3.8, 4) is 0 Å². The number of amides is 1. The number of pyridine rings is 1. The zero-order valence-electron chi connectivity index (χ0n) is 12.6. The molecule has 0 unspecified atom stereocenters. The van der Waals surface area contributed by atoms with E-state index in [1.54, 1.807) is 17.2 Å². The second-order valence-corrected chi connectivity index (χ2v) is 5.72. The van der Waals surface area contributed by atoms with Crippen LogP contribution < -0.4 is 0 Å². The highest BCUT2D eigenvalue weighted by molar-refractivity contribution is 6.29. The lowest BCUT2D eigenvalue weighted by molar-refractivity contribution is 0.0998. The third-order valence-electron chi connectivity index (χ3n) is 3.77. The van der Waals surface area contributed by atoms with Crippen LogP contribution in [-0.4, -0.2) is 29.1 Å². The molecule has 0 aliphatic carbocycles. The van der Waals surface area contributed by atoms with Gasteiger partial charge in [0.15, 0.2) is 0 Å². The van der Waals surface area contributed by atoms with Gasteiger partial charge in [0.25, 0.3) is 0 Å². The molecule has 0 radical (unpaired) electrons. The number of hydrogen-bond acceptors (Lipinski definition) is 3. The van der Waals surface area contributed by atoms with Crippen molar-refractivity contribution in [1.29, 1.82) is 0 Å². The molecule has 1 aliphatic heterocycles. The minimum absolute atomic E-state index is 0.279. The molecule has 1 aromatic carbocycles. The highest BCUT2D eigenvalue weighted by Gasteiger charge is 2.19. The standard InChI is InChI=1S/C18H17ClN2O2/c19-17-7-6-16(12-20-17)15-8-10-21(11-9-15)18(22)23-13-14-4-2-1-3-5-14/h1-8,12H,9-11,13H2. The van der Waals surface area contributed by atoms with Crippen LogP contribution in [0.5, 0.6) is 0 Å². The van der Waals surface area contributed by atoms with Crippen molar-refractivity contribution in [2.75, 3.05) is 13.1 Å². The first-order valence-corrected chi connectivity index (χ1v) is 7.87. The van der Waals surface area contributed by atoms with E-state index in [0.29, 0.717) is 24.8 Å². The monoisotopic (exact) mass is 328 g/mol. The Balaban J connectivity index is 1.55. The first-order valence-electron chi connectivity index (χ1n) is 7.49. The molecular weight excluding hydrogens is 312 g/mol. The molecule has 0 N–H and O–H groups in total. The smallest absolute Gasteiger partial charge is 0.410 e. The summed E-state index contributed by atoms with van der Waals surface area (Å²) in [6, 6.07) is 13.4. The number of aromatic nitrogens is 1. The number of rotatable bonds is 3. The van der Waals surface area contributed by atoms with Crippen LogP contribution in [0.1, 0.15) is 17.5 Å². The van der Waals surface area contributed by atoms with E-state index < -0.39 is 0 Å². The molecule has 0 saturated carbocycles. The van der Waals surface area contributed by atoms with Crippen molar-refractivity contribution >= 4 is 23.3 Å². The predicted octanol–water partition coefficient (Wildman–Crippen LogP) is 4.16. The van der Waals surface area contributed by atoms with Crippen molar-refractivity contribution in [3.63, 3.8) is 0 Å². The molecule has 1 amide bonds. The van der Waals surface area contributed by atoms with Gasteiger partial charge < -0.3 is 9.64 Å². The zero-order chi connectivity index (χ0) is 16.1. The van der Waals surface area contributed by atoms with Gasteiger partial charge in [0.05, 0.1) is 0 Å². The first kappa shape index (κ1) is 15.6. The fourth-order valence-corrected chi connectivity index (χ4v) is 2.59. The van der Waals surface area contributed by atoms with Gasteiger partial charge in [-0.05, 0) is 29.2 Å². The van der Waals surface area contributed by atoms with Crippen LogP contribution in [0.4, 0.5) is 4.79 Å². The second-order valence-electron chi connectivity index (χ2n) is 5.34. The topological polar surface area (TPSA) is 42.4 Å². The minimum atomic E-state index is -0.279. The molecule has 0 spiro atoms. The molecule has 0 bridgehead atoms. The fraction of sp³-hybridized carbons (Fsp3) is 0.222. The average molecular weight is 329 g/mol. The number of ether oxygens (including phenoxy) is 1. The summed E-state index contributed by atoms with van der Waals surface area (Å²) in [6.07, 6.45) is 4.30. The molecule has 4 nitrogen and oxygen atoms in total. The van der Waals surface area contributed by atoms with Crippen LogP contribution in [0, 0.1) is 0 Å². The maximum atomic E-state index is 12.1. The van der Waals surface area contributed by atoms with E-state index in [0.717, 1.165) is 17.5 Å². The molecule has 3 rings (SSSR count). The Morgan fingerprint density at radius 1 is 1.22 bits per heavy atom. The third kappa shape index (κ3) is 4.11. The van der Waals surface area contributed by atoms with Crippen LogP contribution in [0.15, 0.2) is 54.7 Å². The molecule has 2 aromatic rings. The summed E-state index contributed by atoms with van der Waals surface area (Å²) < 4.78 is 5.35. The molecule has 0 fully saturated rings. The van der Waals surface area contributed by atoms with E-state index in [1.165, 1.54) is 5.57 Å². The molecule has 1 aromatic heterocycles.